The van der Waals surface area contributed by atoms with Crippen LogP contribution in [0, 0.1) is 0 Å². The molecule has 9 nitrogen and oxygen atoms in total. The van der Waals surface area contributed by atoms with Gasteiger partial charge in [-0.2, -0.15) is 0 Å². The average Bonchev–Trinajstić information content (AvgIpc) is 2.97. The molecule has 40 heavy (non-hydrogen) atoms. The first-order valence-corrected chi connectivity index (χ1v) is 12.9. The fraction of sp³-hybridized carbons (Fsp3) is 0.290. The lowest BCUT2D eigenvalue weighted by Crippen LogP contribution is -2.72. The Bertz CT molecular complexity index is 1380. The quantitative estimate of drug-likeness (QED) is 0.391. The molecule has 9 heteroatoms. The van der Waals surface area contributed by atoms with Crippen molar-refractivity contribution in [3.8, 4) is 11.5 Å². The third-order valence-electron chi connectivity index (χ3n) is 7.15. The van der Waals surface area contributed by atoms with Crippen LogP contribution in [0.1, 0.15) is 16.7 Å². The Kier molecular flexibility index (Phi) is 8.83. The molecule has 1 heterocycles. The van der Waals surface area contributed by atoms with Gasteiger partial charge in [-0.05, 0) is 28.8 Å². The molecule has 0 aromatic heterocycles. The van der Waals surface area contributed by atoms with Crippen LogP contribution in [0.15, 0.2) is 78.9 Å². The highest BCUT2D eigenvalue weighted by Gasteiger charge is 2.56. The van der Waals surface area contributed by atoms with E-state index in [1.54, 1.807) is 72.8 Å². The highest BCUT2D eigenvalue weighted by Crippen LogP contribution is 2.30. The van der Waals surface area contributed by atoms with Crippen molar-refractivity contribution in [2.45, 2.75) is 24.8 Å². The Balaban J connectivity index is 1.64. The van der Waals surface area contributed by atoms with Crippen molar-refractivity contribution in [3.05, 3.63) is 95.6 Å². The maximum absolute atomic E-state index is 13.8. The number of carbonyl (C=O) groups excluding carboxylic acids is 3. The van der Waals surface area contributed by atoms with Crippen molar-refractivity contribution in [1.29, 1.82) is 0 Å². The predicted octanol–water partition coefficient (Wildman–Crippen LogP) is 2.80. The minimum Gasteiger partial charge on any atom is -0.493 e. The summed E-state index contributed by atoms with van der Waals surface area (Å²) < 4.78 is 10.6. The van der Waals surface area contributed by atoms with Crippen LogP contribution in [0.3, 0.4) is 0 Å². The van der Waals surface area contributed by atoms with Crippen molar-refractivity contribution in [1.82, 2.24) is 9.80 Å². The molecule has 0 saturated carbocycles. The first kappa shape index (κ1) is 28.4. The summed E-state index contributed by atoms with van der Waals surface area (Å²) in [7, 11) is 3.01. The SMILES string of the molecule is COc1ccc(CC(=O)N2CCN(C(=O)Cc3ccccc3)C(C(=O)O)(C(=O)Cc3ccccc3)C2)cc1OC. The molecule has 1 fully saturated rings. The van der Waals surface area contributed by atoms with E-state index in [0.717, 1.165) is 4.90 Å². The van der Waals surface area contributed by atoms with E-state index >= 15 is 0 Å². The van der Waals surface area contributed by atoms with Gasteiger partial charge in [-0.25, -0.2) is 4.79 Å². The smallest absolute Gasteiger partial charge is 0.339 e. The molecule has 1 unspecified atom stereocenters. The molecule has 1 saturated heterocycles. The fourth-order valence-electron chi connectivity index (χ4n) is 5.01. The highest BCUT2D eigenvalue weighted by molar-refractivity contribution is 6.12. The van der Waals surface area contributed by atoms with E-state index in [1.165, 1.54) is 19.1 Å². The molecule has 3 aromatic rings. The van der Waals surface area contributed by atoms with Crippen LogP contribution in [0.2, 0.25) is 0 Å². The zero-order chi connectivity index (χ0) is 28.7. The Hall–Kier alpha value is -4.66. The van der Waals surface area contributed by atoms with Crippen LogP contribution in [0.25, 0.3) is 0 Å². The van der Waals surface area contributed by atoms with Gasteiger partial charge in [0.05, 0.1) is 33.6 Å². The number of hydrogen-bond donors (Lipinski definition) is 1. The summed E-state index contributed by atoms with van der Waals surface area (Å²) in [5, 5.41) is 10.6. The number of methoxy groups -OCH3 is 2. The molecule has 1 aliphatic rings. The van der Waals surface area contributed by atoms with E-state index in [-0.39, 0.29) is 38.3 Å². The Morgan fingerprint density at radius 2 is 1.30 bits per heavy atom. The lowest BCUT2D eigenvalue weighted by atomic mass is 9.84. The van der Waals surface area contributed by atoms with Crippen molar-refractivity contribution >= 4 is 23.6 Å². The number of aliphatic carboxylic acids is 1. The molecule has 1 aliphatic heterocycles. The second-order valence-electron chi connectivity index (χ2n) is 9.64. The van der Waals surface area contributed by atoms with E-state index in [4.69, 9.17) is 9.47 Å². The van der Waals surface area contributed by atoms with Gasteiger partial charge >= 0.3 is 5.97 Å². The molecule has 2 amide bonds. The molecule has 0 aliphatic carbocycles. The number of ketones is 1. The second-order valence-corrected chi connectivity index (χ2v) is 9.64. The van der Waals surface area contributed by atoms with Crippen molar-refractivity contribution in [2.75, 3.05) is 33.9 Å². The van der Waals surface area contributed by atoms with Gasteiger partial charge in [-0.15, -0.1) is 0 Å². The van der Waals surface area contributed by atoms with Gasteiger partial charge in [-0.1, -0.05) is 66.7 Å². The summed E-state index contributed by atoms with van der Waals surface area (Å²) in [6.07, 6.45) is -0.297. The van der Waals surface area contributed by atoms with Gasteiger partial charge in [0, 0.05) is 19.5 Å². The minimum atomic E-state index is -2.23. The summed E-state index contributed by atoms with van der Waals surface area (Å²) >= 11 is 0. The van der Waals surface area contributed by atoms with Gasteiger partial charge in [0.1, 0.15) is 0 Å². The number of Topliss-reactive ketones (excluding diaryl/α,β-unsaturated/α-hetero) is 1. The molecule has 0 radical (unpaired) electrons. The molecule has 1 atom stereocenters. The number of carbonyl (C=O) groups is 4. The molecule has 0 spiro atoms. The number of piperazine rings is 1. The van der Waals surface area contributed by atoms with E-state index in [0.29, 0.717) is 28.2 Å². The van der Waals surface area contributed by atoms with Crippen LogP contribution in [-0.4, -0.2) is 77.9 Å². The third-order valence-corrected chi connectivity index (χ3v) is 7.15. The molecule has 1 N–H and O–H groups in total. The maximum Gasteiger partial charge on any atom is 0.339 e. The van der Waals surface area contributed by atoms with Crippen LogP contribution >= 0.6 is 0 Å². The van der Waals surface area contributed by atoms with Crippen LogP contribution < -0.4 is 9.47 Å². The van der Waals surface area contributed by atoms with E-state index < -0.39 is 29.7 Å². The number of rotatable bonds is 10. The summed E-state index contributed by atoms with van der Waals surface area (Å²) in [5.74, 6) is -1.99. The number of carboxylic acids is 1. The highest BCUT2D eigenvalue weighted by atomic mass is 16.5. The van der Waals surface area contributed by atoms with Gasteiger partial charge in [-0.3, -0.25) is 14.4 Å². The zero-order valence-electron chi connectivity index (χ0n) is 22.5. The van der Waals surface area contributed by atoms with Crippen molar-refractivity contribution in [3.63, 3.8) is 0 Å². The first-order valence-electron chi connectivity index (χ1n) is 12.9. The molecular weight excluding hydrogens is 512 g/mol. The van der Waals surface area contributed by atoms with Crippen LogP contribution in [0.5, 0.6) is 11.5 Å². The van der Waals surface area contributed by atoms with Gasteiger partial charge in [0.25, 0.3) is 0 Å². The lowest BCUT2D eigenvalue weighted by molar-refractivity contribution is -0.171. The van der Waals surface area contributed by atoms with Gasteiger partial charge < -0.3 is 24.4 Å². The lowest BCUT2D eigenvalue weighted by Gasteiger charge is -2.47. The van der Waals surface area contributed by atoms with Gasteiger partial charge in [0.2, 0.25) is 17.4 Å². The largest absolute Gasteiger partial charge is 0.493 e. The van der Waals surface area contributed by atoms with E-state index in [1.807, 2.05) is 6.07 Å². The van der Waals surface area contributed by atoms with Crippen LogP contribution in [0.4, 0.5) is 0 Å². The van der Waals surface area contributed by atoms with E-state index in [9.17, 15) is 24.3 Å². The molecular formula is C31H32N2O7. The Labute approximate surface area is 232 Å². The molecule has 0 bridgehead atoms. The second kappa shape index (κ2) is 12.5. The number of benzene rings is 3. The number of hydrogen-bond acceptors (Lipinski definition) is 6. The fourth-order valence-corrected chi connectivity index (χ4v) is 5.01. The topological polar surface area (TPSA) is 113 Å². The molecule has 4 rings (SSSR count). The number of carboxylic acid groups (broad SMARTS) is 1. The number of ether oxygens (including phenoxy) is 2. The summed E-state index contributed by atoms with van der Waals surface area (Å²) in [4.78, 5) is 56.3. The van der Waals surface area contributed by atoms with Crippen LogP contribution in [-0.2, 0) is 38.4 Å². The van der Waals surface area contributed by atoms with Gasteiger partial charge in [0.15, 0.2) is 17.3 Å². The summed E-state index contributed by atoms with van der Waals surface area (Å²) in [5.41, 5.74) is -0.263. The average molecular weight is 545 g/mol. The van der Waals surface area contributed by atoms with Crippen molar-refractivity contribution in [2.24, 2.45) is 0 Å². The zero-order valence-corrected chi connectivity index (χ0v) is 22.5. The normalized spacial score (nSPS) is 16.8. The monoisotopic (exact) mass is 544 g/mol. The van der Waals surface area contributed by atoms with Crippen molar-refractivity contribution < 1.29 is 33.8 Å². The van der Waals surface area contributed by atoms with E-state index in [2.05, 4.69) is 0 Å². The minimum absolute atomic E-state index is 0.0408. The first-order chi connectivity index (χ1) is 19.3. The summed E-state index contributed by atoms with van der Waals surface area (Å²) in [6, 6.07) is 22.8. The number of nitrogens with zero attached hydrogens (tertiary/aromatic N) is 2. The summed E-state index contributed by atoms with van der Waals surface area (Å²) in [6.45, 7) is -0.433. The standard InChI is InChI=1S/C31H32N2O7/c1-39-25-14-13-24(17-26(25)40-2)20-28(35)32-15-16-33(29(36)19-23-11-7-4-8-12-23)31(21-32,30(37)38)27(34)18-22-9-5-3-6-10-22/h3-14,17H,15-16,18-21H2,1-2H3,(H,37,38). The number of amides is 2. The molecule has 3 aromatic carbocycles. The molecule has 208 valence electrons. The third kappa shape index (κ3) is 5.98. The Morgan fingerprint density at radius 1 is 0.725 bits per heavy atom. The Morgan fingerprint density at radius 3 is 1.88 bits per heavy atom. The maximum atomic E-state index is 13.8. The predicted molar refractivity (Wildman–Crippen MR) is 147 cm³/mol.